The Morgan fingerprint density at radius 1 is 0.354 bits per heavy atom. The minimum absolute atomic E-state index is 0.0315. The molecule has 0 spiro atoms. The number of aliphatic hydroxyl groups is 1. The molecule has 0 aliphatic carbocycles. The standard InChI is InChI=1S/C70H113O11P/c1-4-7-10-13-16-19-22-25-28-31-33-36-39-42-45-48-51-54-57-60-69(73)80-66(62-71)64-78-82(75,76)79-65-67(63-77-68(72)59-56-53-50-47-44-41-38-35-30-27-24-21-18-15-12-9-6-3)81-70(74)61-58-55-52-49-46-43-40-37-34-32-29-26-23-20-17-14-11-8-5-2/h7-8,10-11,16-17,19-20,25-30,33-34,36-37,42-43,45-46,52,55,66-67,71H,4-6,9,12-15,18,21-24,31-32,35,38-41,44,47-51,53-54,56-65H2,1-3H3,(H,75,76)/b10-7-,11-8-,19-16-,20-17-,28-25-,29-26-,30-27-,36-33-,37-34-,45-42-,46-43-,55-52-. The number of allylic oxidation sites excluding steroid dienone is 24. The van der Waals surface area contributed by atoms with E-state index in [2.05, 4.69) is 154 Å². The number of carbonyl (C=O) groups excluding carboxylic acids is 3. The Morgan fingerprint density at radius 3 is 1.07 bits per heavy atom. The largest absolute Gasteiger partial charge is 0.472 e. The zero-order valence-electron chi connectivity index (χ0n) is 51.4. The van der Waals surface area contributed by atoms with Gasteiger partial charge in [0.25, 0.3) is 0 Å². The van der Waals surface area contributed by atoms with E-state index < -0.39 is 57.8 Å². The van der Waals surface area contributed by atoms with Crippen molar-refractivity contribution in [2.24, 2.45) is 0 Å². The highest BCUT2D eigenvalue weighted by molar-refractivity contribution is 7.47. The Hall–Kier alpha value is -4.64. The molecule has 0 bridgehead atoms. The molecule has 0 aliphatic heterocycles. The zero-order valence-corrected chi connectivity index (χ0v) is 52.3. The zero-order chi connectivity index (χ0) is 59.8. The van der Waals surface area contributed by atoms with E-state index in [0.29, 0.717) is 25.7 Å². The molecule has 464 valence electrons. The first-order valence-electron chi connectivity index (χ1n) is 31.7. The molecule has 0 aromatic heterocycles. The summed E-state index contributed by atoms with van der Waals surface area (Å²) in [4.78, 5) is 48.7. The highest BCUT2D eigenvalue weighted by Crippen LogP contribution is 2.43. The summed E-state index contributed by atoms with van der Waals surface area (Å²) in [5, 5.41) is 9.85. The second-order valence-corrected chi connectivity index (χ2v) is 21.9. The number of phosphoric acid groups is 1. The number of unbranched alkanes of at least 4 members (excludes halogenated alkanes) is 16. The molecule has 0 aromatic rings. The summed E-state index contributed by atoms with van der Waals surface area (Å²) in [6.07, 6.45) is 81.0. The van der Waals surface area contributed by atoms with Gasteiger partial charge in [-0.25, -0.2) is 4.57 Å². The molecule has 3 atom stereocenters. The minimum atomic E-state index is -4.79. The maximum atomic E-state index is 13.0. The molecule has 0 radical (unpaired) electrons. The monoisotopic (exact) mass is 1160 g/mol. The number of phosphoric ester groups is 1. The van der Waals surface area contributed by atoms with Crippen LogP contribution in [0.25, 0.3) is 0 Å². The van der Waals surface area contributed by atoms with Gasteiger partial charge in [-0.15, -0.1) is 0 Å². The van der Waals surface area contributed by atoms with Crippen LogP contribution < -0.4 is 0 Å². The van der Waals surface area contributed by atoms with Crippen LogP contribution in [-0.4, -0.2) is 66.5 Å². The van der Waals surface area contributed by atoms with Gasteiger partial charge in [0.1, 0.15) is 12.7 Å². The van der Waals surface area contributed by atoms with Crippen LogP contribution in [0.5, 0.6) is 0 Å². The van der Waals surface area contributed by atoms with Crippen molar-refractivity contribution in [3.63, 3.8) is 0 Å². The van der Waals surface area contributed by atoms with Crippen LogP contribution in [0.4, 0.5) is 0 Å². The lowest BCUT2D eigenvalue weighted by molar-refractivity contribution is -0.161. The minimum Gasteiger partial charge on any atom is -0.462 e. The van der Waals surface area contributed by atoms with Crippen LogP contribution in [0.2, 0.25) is 0 Å². The van der Waals surface area contributed by atoms with Crippen LogP contribution >= 0.6 is 7.82 Å². The van der Waals surface area contributed by atoms with Gasteiger partial charge >= 0.3 is 25.7 Å². The van der Waals surface area contributed by atoms with Crippen molar-refractivity contribution in [1.82, 2.24) is 0 Å². The summed E-state index contributed by atoms with van der Waals surface area (Å²) in [6, 6.07) is 0. The molecule has 0 aliphatic rings. The van der Waals surface area contributed by atoms with E-state index >= 15 is 0 Å². The summed E-state index contributed by atoms with van der Waals surface area (Å²) < 4.78 is 39.5. The third-order valence-electron chi connectivity index (χ3n) is 12.7. The lowest BCUT2D eigenvalue weighted by Gasteiger charge is -2.21. The van der Waals surface area contributed by atoms with Crippen LogP contribution in [0.1, 0.15) is 239 Å². The van der Waals surface area contributed by atoms with Crippen molar-refractivity contribution >= 4 is 25.7 Å². The Balaban J connectivity index is 4.86. The van der Waals surface area contributed by atoms with Gasteiger partial charge in [-0.1, -0.05) is 237 Å². The third-order valence-corrected chi connectivity index (χ3v) is 13.7. The molecule has 0 aromatic carbocycles. The quantitative estimate of drug-likeness (QED) is 0.0197. The Bertz CT molecular complexity index is 1930. The fourth-order valence-corrected chi connectivity index (χ4v) is 8.77. The molecule has 0 fully saturated rings. The average molecular weight is 1160 g/mol. The Kier molecular flexibility index (Phi) is 58.9. The van der Waals surface area contributed by atoms with Crippen LogP contribution in [0.15, 0.2) is 146 Å². The molecule has 82 heavy (non-hydrogen) atoms. The number of carbonyl (C=O) groups is 3. The van der Waals surface area contributed by atoms with Crippen molar-refractivity contribution in [2.75, 3.05) is 26.4 Å². The van der Waals surface area contributed by atoms with Gasteiger partial charge in [0, 0.05) is 19.3 Å². The Labute approximate surface area is 499 Å². The molecule has 0 amide bonds. The number of hydrogen-bond acceptors (Lipinski definition) is 10. The SMILES string of the molecule is CC/C=C\C/C=C\C/C=C\C/C=C\C/C=C\C/C=C\CCC(=O)OC(COC(=O)CCCCCCCCC/C=C\CCCCCCCC)COP(=O)(O)OCC(CO)OC(=O)CCCCC/C=C\C/C=C\C/C=C\C/C=C\C/C=C\CC. The molecule has 2 N–H and O–H groups in total. The van der Waals surface area contributed by atoms with Crippen molar-refractivity contribution in [1.29, 1.82) is 0 Å². The normalized spacial score (nSPS) is 14.3. The van der Waals surface area contributed by atoms with Crippen molar-refractivity contribution < 1.29 is 52.2 Å². The first-order valence-corrected chi connectivity index (χ1v) is 33.2. The lowest BCUT2D eigenvalue weighted by atomic mass is 10.1. The van der Waals surface area contributed by atoms with E-state index in [1.54, 1.807) is 0 Å². The van der Waals surface area contributed by atoms with Crippen LogP contribution in [0, 0.1) is 0 Å². The summed E-state index contributed by atoms with van der Waals surface area (Å²) in [7, 11) is -4.79. The van der Waals surface area contributed by atoms with Gasteiger partial charge in [0.2, 0.25) is 0 Å². The van der Waals surface area contributed by atoms with Gasteiger partial charge in [0.15, 0.2) is 6.10 Å². The smallest absolute Gasteiger partial charge is 0.462 e. The van der Waals surface area contributed by atoms with E-state index in [1.807, 2.05) is 12.2 Å². The fourth-order valence-electron chi connectivity index (χ4n) is 7.99. The summed E-state index contributed by atoms with van der Waals surface area (Å²) >= 11 is 0. The predicted molar refractivity (Wildman–Crippen MR) is 343 cm³/mol. The number of ether oxygens (including phenoxy) is 3. The first kappa shape index (κ1) is 77.4. The van der Waals surface area contributed by atoms with E-state index in [4.69, 9.17) is 23.3 Å². The molecule has 11 nitrogen and oxygen atoms in total. The van der Waals surface area contributed by atoms with Crippen molar-refractivity contribution in [3.8, 4) is 0 Å². The predicted octanol–water partition coefficient (Wildman–Crippen LogP) is 19.5. The molecule has 3 unspecified atom stereocenters. The Morgan fingerprint density at radius 2 is 0.659 bits per heavy atom. The van der Waals surface area contributed by atoms with E-state index in [-0.39, 0.29) is 25.9 Å². The molecule has 0 heterocycles. The van der Waals surface area contributed by atoms with E-state index in [0.717, 1.165) is 109 Å². The second kappa shape index (κ2) is 62.4. The number of aliphatic hydroxyl groups excluding tert-OH is 1. The lowest BCUT2D eigenvalue weighted by Crippen LogP contribution is -2.30. The van der Waals surface area contributed by atoms with Gasteiger partial charge in [-0.3, -0.25) is 23.4 Å². The van der Waals surface area contributed by atoms with Crippen molar-refractivity contribution in [3.05, 3.63) is 146 Å². The first-order chi connectivity index (χ1) is 40.2. The van der Waals surface area contributed by atoms with Gasteiger partial charge in [-0.05, 0) is 128 Å². The topological polar surface area (TPSA) is 155 Å². The molecule has 12 heteroatoms. The van der Waals surface area contributed by atoms with E-state index in [1.165, 1.54) is 64.2 Å². The second-order valence-electron chi connectivity index (χ2n) is 20.5. The maximum absolute atomic E-state index is 13.0. The van der Waals surface area contributed by atoms with Crippen molar-refractivity contribution in [2.45, 2.75) is 251 Å². The number of rotatable bonds is 57. The third kappa shape index (κ3) is 60.0. The molecular formula is C70H113O11P. The van der Waals surface area contributed by atoms with Gasteiger partial charge in [-0.2, -0.15) is 0 Å². The number of esters is 3. The molecule has 0 rings (SSSR count). The van der Waals surface area contributed by atoms with Gasteiger partial charge in [0.05, 0.1) is 19.8 Å². The van der Waals surface area contributed by atoms with Crippen LogP contribution in [0.3, 0.4) is 0 Å². The molecule has 0 saturated heterocycles. The van der Waals surface area contributed by atoms with Crippen LogP contribution in [-0.2, 0) is 42.2 Å². The highest BCUT2D eigenvalue weighted by Gasteiger charge is 2.28. The fraction of sp³-hybridized carbons (Fsp3) is 0.614. The molecular weight excluding hydrogens is 1050 g/mol. The molecule has 0 saturated carbocycles. The van der Waals surface area contributed by atoms with E-state index in [9.17, 15) is 28.9 Å². The summed E-state index contributed by atoms with van der Waals surface area (Å²) in [5.74, 6) is -1.62. The summed E-state index contributed by atoms with van der Waals surface area (Å²) in [6.45, 7) is 4.29. The highest BCUT2D eigenvalue weighted by atomic mass is 31.2. The average Bonchev–Trinajstić information content (AvgIpc) is 3.50. The van der Waals surface area contributed by atoms with Gasteiger partial charge < -0.3 is 24.2 Å². The summed E-state index contributed by atoms with van der Waals surface area (Å²) in [5.41, 5.74) is 0. The number of hydrogen-bond donors (Lipinski definition) is 2. The maximum Gasteiger partial charge on any atom is 0.472 e.